The smallest absolute Gasteiger partial charge is 0.330 e. The lowest BCUT2D eigenvalue weighted by Crippen LogP contribution is -2.47. The number of aromatic nitrogens is 2. The minimum absolute atomic E-state index is 0.0776. The Kier molecular flexibility index (Phi) is 7.49. The normalized spacial score (nSPS) is 18.1. The van der Waals surface area contributed by atoms with Crippen molar-refractivity contribution in [3.63, 3.8) is 0 Å². The highest BCUT2D eigenvalue weighted by atomic mass is 16.5. The van der Waals surface area contributed by atoms with Crippen molar-refractivity contribution in [1.82, 2.24) is 4.57 Å². The van der Waals surface area contributed by atoms with Crippen LogP contribution in [-0.2, 0) is 26.3 Å². The number of hydrogen-bond acceptors (Lipinski definition) is 3. The SMILES string of the molecule is CCOC(=O)C=CC[n+]1ccn(C2CCC(C(C(N)=O)(c3ccccc3)c3ccccc3)C2)c1C. The molecule has 182 valence electrons. The summed E-state index contributed by atoms with van der Waals surface area (Å²) in [7, 11) is 0. The second-order valence-corrected chi connectivity index (χ2v) is 9.13. The van der Waals surface area contributed by atoms with Gasteiger partial charge in [-0.05, 0) is 49.3 Å². The number of benzene rings is 2. The molecule has 2 aromatic carbocycles. The summed E-state index contributed by atoms with van der Waals surface area (Å²) >= 11 is 0. The second-order valence-electron chi connectivity index (χ2n) is 9.13. The summed E-state index contributed by atoms with van der Waals surface area (Å²) in [4.78, 5) is 24.9. The van der Waals surface area contributed by atoms with Gasteiger partial charge in [0.1, 0.15) is 30.4 Å². The largest absolute Gasteiger partial charge is 0.463 e. The van der Waals surface area contributed by atoms with E-state index in [9.17, 15) is 9.59 Å². The molecule has 35 heavy (non-hydrogen) atoms. The zero-order chi connectivity index (χ0) is 24.8. The molecular formula is C29H34N3O3+. The molecule has 3 aromatic rings. The van der Waals surface area contributed by atoms with Crippen LogP contribution in [0.2, 0.25) is 0 Å². The highest BCUT2D eigenvalue weighted by molar-refractivity contribution is 5.91. The maximum Gasteiger partial charge on any atom is 0.330 e. The van der Waals surface area contributed by atoms with Crippen LogP contribution in [0.15, 0.2) is 85.2 Å². The molecule has 0 radical (unpaired) electrons. The van der Waals surface area contributed by atoms with Gasteiger partial charge in [0, 0.05) is 13.0 Å². The average Bonchev–Trinajstić information content (AvgIpc) is 3.48. The minimum Gasteiger partial charge on any atom is -0.463 e. The highest BCUT2D eigenvalue weighted by Gasteiger charge is 2.51. The van der Waals surface area contributed by atoms with Crippen LogP contribution in [0, 0.1) is 12.8 Å². The number of nitrogens with two attached hydrogens (primary N) is 1. The average molecular weight is 473 g/mol. The Bertz CT molecular complexity index is 1140. The van der Waals surface area contributed by atoms with Crippen molar-refractivity contribution in [2.75, 3.05) is 6.61 Å². The molecular weight excluding hydrogens is 438 g/mol. The van der Waals surface area contributed by atoms with Crippen molar-refractivity contribution in [3.05, 3.63) is 102 Å². The summed E-state index contributed by atoms with van der Waals surface area (Å²) in [6.07, 6.45) is 10.1. The molecule has 1 heterocycles. The molecule has 1 aromatic heterocycles. The molecule has 0 aliphatic heterocycles. The molecule has 2 atom stereocenters. The molecule has 1 aliphatic carbocycles. The van der Waals surface area contributed by atoms with Crippen LogP contribution in [0.25, 0.3) is 0 Å². The van der Waals surface area contributed by atoms with E-state index in [1.807, 2.05) is 72.9 Å². The standard InChI is InChI=1S/C29H33N3O3/c1-3-35-27(33)15-10-18-31-19-20-32(22(31)2)26-17-16-25(21-26)29(28(30)34,23-11-6-4-7-12-23)24-13-8-5-9-14-24/h4-15,19-20,25-26H,3,16-18,21H2,1-2H3,(H-,30,34)/p+1. The topological polar surface area (TPSA) is 78.2 Å². The van der Waals surface area contributed by atoms with E-state index in [2.05, 4.69) is 22.3 Å². The van der Waals surface area contributed by atoms with Gasteiger partial charge in [0.05, 0.1) is 6.61 Å². The Labute approximate surface area is 207 Å². The Balaban J connectivity index is 1.61. The first kappa shape index (κ1) is 24.5. The van der Waals surface area contributed by atoms with Crippen molar-refractivity contribution in [2.24, 2.45) is 11.7 Å². The van der Waals surface area contributed by atoms with Gasteiger partial charge in [0.2, 0.25) is 5.91 Å². The molecule has 4 rings (SSSR count). The number of hydrogen-bond donors (Lipinski definition) is 1. The van der Waals surface area contributed by atoms with Crippen LogP contribution in [-0.4, -0.2) is 23.1 Å². The molecule has 0 bridgehead atoms. The fourth-order valence-electron chi connectivity index (χ4n) is 5.68. The van der Waals surface area contributed by atoms with E-state index in [0.717, 1.165) is 36.2 Å². The highest BCUT2D eigenvalue weighted by Crippen LogP contribution is 2.49. The first-order valence-electron chi connectivity index (χ1n) is 12.3. The van der Waals surface area contributed by atoms with Crippen molar-refractivity contribution in [1.29, 1.82) is 0 Å². The van der Waals surface area contributed by atoms with E-state index in [-0.39, 0.29) is 23.8 Å². The van der Waals surface area contributed by atoms with Gasteiger partial charge in [0.15, 0.2) is 0 Å². The number of esters is 1. The van der Waals surface area contributed by atoms with Gasteiger partial charge in [0.25, 0.3) is 5.82 Å². The lowest BCUT2D eigenvalue weighted by molar-refractivity contribution is -0.692. The minimum atomic E-state index is -0.878. The summed E-state index contributed by atoms with van der Waals surface area (Å²) in [5.41, 5.74) is 7.26. The predicted molar refractivity (Wildman–Crippen MR) is 134 cm³/mol. The summed E-state index contributed by atoms with van der Waals surface area (Å²) in [6.45, 7) is 4.84. The van der Waals surface area contributed by atoms with Crippen LogP contribution in [0.3, 0.4) is 0 Å². The molecule has 1 saturated carbocycles. The number of carbonyl (C=O) groups is 2. The van der Waals surface area contributed by atoms with Crippen molar-refractivity contribution in [3.8, 4) is 0 Å². The van der Waals surface area contributed by atoms with Crippen LogP contribution in [0.4, 0.5) is 0 Å². The lowest BCUT2D eigenvalue weighted by atomic mass is 9.64. The number of imidazole rings is 1. The molecule has 1 fully saturated rings. The number of ether oxygens (including phenoxy) is 1. The van der Waals surface area contributed by atoms with Gasteiger partial charge >= 0.3 is 5.97 Å². The van der Waals surface area contributed by atoms with E-state index in [0.29, 0.717) is 13.2 Å². The van der Waals surface area contributed by atoms with Crippen LogP contribution < -0.4 is 10.3 Å². The van der Waals surface area contributed by atoms with Gasteiger partial charge in [-0.25, -0.2) is 13.9 Å². The molecule has 0 saturated heterocycles. The summed E-state index contributed by atoms with van der Waals surface area (Å²) in [5, 5.41) is 0. The van der Waals surface area contributed by atoms with Crippen molar-refractivity contribution >= 4 is 11.9 Å². The number of carbonyl (C=O) groups excluding carboxylic acids is 2. The molecule has 1 amide bonds. The molecule has 1 aliphatic rings. The van der Waals surface area contributed by atoms with E-state index in [1.165, 1.54) is 6.08 Å². The summed E-state index contributed by atoms with van der Waals surface area (Å²) in [6, 6.07) is 20.2. The third kappa shape index (κ3) is 4.78. The number of primary amides is 1. The number of nitrogens with zero attached hydrogens (tertiary/aromatic N) is 2. The Morgan fingerprint density at radius 1 is 1.09 bits per heavy atom. The fourth-order valence-corrected chi connectivity index (χ4v) is 5.68. The quantitative estimate of drug-likeness (QED) is 0.290. The summed E-state index contributed by atoms with van der Waals surface area (Å²) in [5.74, 6) is 0.555. The maximum atomic E-state index is 13.3. The molecule has 2 N–H and O–H groups in total. The Morgan fingerprint density at radius 2 is 1.71 bits per heavy atom. The molecule has 0 spiro atoms. The van der Waals surface area contributed by atoms with Crippen molar-refractivity contribution in [2.45, 2.75) is 51.1 Å². The molecule has 6 nitrogen and oxygen atoms in total. The fraction of sp³-hybridized carbons (Fsp3) is 0.345. The monoisotopic (exact) mass is 472 g/mol. The summed E-state index contributed by atoms with van der Waals surface area (Å²) < 4.78 is 9.36. The number of rotatable bonds is 9. The third-order valence-corrected chi connectivity index (χ3v) is 7.30. The first-order valence-corrected chi connectivity index (χ1v) is 12.3. The Hall–Kier alpha value is -3.67. The van der Waals surface area contributed by atoms with Crippen LogP contribution in [0.5, 0.6) is 0 Å². The lowest BCUT2D eigenvalue weighted by Gasteiger charge is -2.37. The van der Waals surface area contributed by atoms with E-state index >= 15 is 0 Å². The van der Waals surface area contributed by atoms with E-state index in [1.54, 1.807) is 6.92 Å². The predicted octanol–water partition coefficient (Wildman–Crippen LogP) is 4.02. The van der Waals surface area contributed by atoms with Crippen LogP contribution >= 0.6 is 0 Å². The molecule has 6 heteroatoms. The maximum absolute atomic E-state index is 13.3. The van der Waals surface area contributed by atoms with Gasteiger partial charge in [-0.1, -0.05) is 60.7 Å². The van der Waals surface area contributed by atoms with E-state index in [4.69, 9.17) is 10.5 Å². The van der Waals surface area contributed by atoms with E-state index < -0.39 is 5.41 Å². The number of allylic oxidation sites excluding steroid dienone is 1. The second kappa shape index (κ2) is 10.7. The molecule has 2 unspecified atom stereocenters. The van der Waals surface area contributed by atoms with Crippen LogP contribution in [0.1, 0.15) is 49.2 Å². The van der Waals surface area contributed by atoms with Gasteiger partial charge in [-0.2, -0.15) is 0 Å². The Morgan fingerprint density at radius 3 is 2.29 bits per heavy atom. The zero-order valence-corrected chi connectivity index (χ0v) is 20.5. The van der Waals surface area contributed by atoms with Crippen molar-refractivity contribution < 1.29 is 18.9 Å². The number of amides is 1. The van der Waals surface area contributed by atoms with Gasteiger partial charge < -0.3 is 10.5 Å². The van der Waals surface area contributed by atoms with Gasteiger partial charge in [-0.15, -0.1) is 0 Å². The zero-order valence-electron chi connectivity index (χ0n) is 20.5. The third-order valence-electron chi connectivity index (χ3n) is 7.30. The van der Waals surface area contributed by atoms with Gasteiger partial charge in [-0.3, -0.25) is 4.79 Å². The first-order chi connectivity index (χ1) is 17.0.